The molecule has 0 saturated heterocycles. The largest absolute Gasteiger partial charge is 0.354 e. The van der Waals surface area contributed by atoms with E-state index in [4.69, 9.17) is 0 Å². The minimum Gasteiger partial charge on any atom is -0.354 e. The molecule has 0 aromatic heterocycles. The van der Waals surface area contributed by atoms with Gasteiger partial charge in [-0.15, -0.1) is 0 Å². The van der Waals surface area contributed by atoms with Gasteiger partial charge in [-0.2, -0.15) is 0 Å². The summed E-state index contributed by atoms with van der Waals surface area (Å²) in [5.74, 6) is 0. The molecule has 5 rings (SSSR count). The normalized spacial score (nSPS) is 16.9. The first kappa shape index (κ1) is 22.7. The number of hydrogen-bond acceptors (Lipinski definition) is 4. The number of benzene rings is 4. The van der Waals surface area contributed by atoms with Crippen molar-refractivity contribution in [2.75, 3.05) is 10.6 Å². The molecule has 1 aliphatic heterocycles. The lowest BCUT2D eigenvalue weighted by atomic mass is 10.2. The minimum absolute atomic E-state index is 0.764. The van der Waals surface area contributed by atoms with Gasteiger partial charge in [0.1, 0.15) is 15.6 Å². The molecule has 0 radical (unpaired) electrons. The van der Waals surface area contributed by atoms with Crippen LogP contribution in [-0.4, -0.2) is 0 Å². The molecule has 4 nitrogen and oxygen atoms in total. The van der Waals surface area contributed by atoms with Crippen LogP contribution in [0.3, 0.4) is 0 Å². The Kier molecular flexibility index (Phi) is 5.98. The Balaban J connectivity index is 1.83. The molecule has 0 saturated carbocycles. The quantitative estimate of drug-likeness (QED) is 0.274. The highest BCUT2D eigenvalue weighted by Gasteiger charge is 2.22. The summed E-state index contributed by atoms with van der Waals surface area (Å²) < 4.78 is 28.1. The third-order valence-corrected chi connectivity index (χ3v) is 9.92. The van der Waals surface area contributed by atoms with Crippen LogP contribution in [0.1, 0.15) is 22.3 Å². The van der Waals surface area contributed by atoms with Crippen LogP contribution in [-0.2, 0) is 9.13 Å². The molecule has 172 valence electrons. The van der Waals surface area contributed by atoms with Crippen LogP contribution in [0.15, 0.2) is 72.8 Å². The Bertz CT molecular complexity index is 1270. The molecule has 4 aromatic carbocycles. The molecule has 0 bridgehead atoms. The van der Waals surface area contributed by atoms with Crippen molar-refractivity contribution in [2.24, 2.45) is 0 Å². The summed E-state index contributed by atoms with van der Waals surface area (Å²) >= 11 is 0. The smallest absolute Gasteiger partial charge is 0.135 e. The first-order valence-electron chi connectivity index (χ1n) is 11.4. The van der Waals surface area contributed by atoms with Crippen molar-refractivity contribution in [3.05, 3.63) is 95.1 Å². The molecule has 4 aromatic rings. The van der Waals surface area contributed by atoms with Gasteiger partial charge in [0, 0.05) is 44.0 Å². The first-order chi connectivity index (χ1) is 16.3. The Morgan fingerprint density at radius 1 is 0.441 bits per heavy atom. The predicted molar refractivity (Wildman–Crippen MR) is 148 cm³/mol. The van der Waals surface area contributed by atoms with E-state index >= 15 is 0 Å². The lowest BCUT2D eigenvalue weighted by molar-refractivity contribution is 0.597. The zero-order valence-corrected chi connectivity index (χ0v) is 21.7. The predicted octanol–water partition coefficient (Wildman–Crippen LogP) is 5.74. The molecular weight excluding hydrogens is 458 g/mol. The van der Waals surface area contributed by atoms with E-state index in [0.29, 0.717) is 0 Å². The van der Waals surface area contributed by atoms with Gasteiger partial charge in [0.25, 0.3) is 0 Å². The molecule has 34 heavy (non-hydrogen) atoms. The molecule has 6 heteroatoms. The Morgan fingerprint density at radius 3 is 0.912 bits per heavy atom. The van der Waals surface area contributed by atoms with Gasteiger partial charge in [0.05, 0.1) is 0 Å². The Hall–Kier alpha value is -3.06. The van der Waals surface area contributed by atoms with Crippen molar-refractivity contribution in [2.45, 2.75) is 27.7 Å². The molecule has 0 unspecified atom stereocenters. The third-order valence-electron chi connectivity index (χ3n) is 6.22. The highest BCUT2D eigenvalue weighted by molar-refractivity contribution is 7.62. The highest BCUT2D eigenvalue weighted by Crippen LogP contribution is 2.36. The lowest BCUT2D eigenvalue weighted by Gasteiger charge is -2.22. The summed E-state index contributed by atoms with van der Waals surface area (Å²) in [6, 6.07) is 23.9. The average molecular weight is 486 g/mol. The van der Waals surface area contributed by atoms with Crippen LogP contribution in [0.5, 0.6) is 0 Å². The second kappa shape index (κ2) is 8.95. The van der Waals surface area contributed by atoms with E-state index < -0.39 is 15.6 Å². The summed E-state index contributed by atoms with van der Waals surface area (Å²) in [4.78, 5) is 0. The standard InChI is InChI=1S/C28H28N2O2P2/c1-17-5-9-25-21(13-17)29-22-14-18(2)6-10-26(22)34(32)28-12-8-20(4)16-24(28)30-23-15-19(3)7-11-27(23)33(25)31/h5-16,29-30,33-34H,1-4H3. The molecule has 0 atom stereocenters. The monoisotopic (exact) mass is 486 g/mol. The molecule has 0 spiro atoms. The van der Waals surface area contributed by atoms with Crippen molar-refractivity contribution in [1.29, 1.82) is 0 Å². The second-order valence-electron chi connectivity index (χ2n) is 9.10. The van der Waals surface area contributed by atoms with Crippen LogP contribution < -0.4 is 31.9 Å². The van der Waals surface area contributed by atoms with Crippen LogP contribution in [0, 0.1) is 27.7 Å². The second-order valence-corrected chi connectivity index (χ2v) is 12.6. The van der Waals surface area contributed by atoms with E-state index in [0.717, 1.165) is 66.2 Å². The van der Waals surface area contributed by atoms with E-state index in [1.165, 1.54) is 0 Å². The first-order valence-corrected chi connectivity index (χ1v) is 14.2. The maximum absolute atomic E-state index is 14.0. The minimum atomic E-state index is -2.35. The molecule has 1 aliphatic rings. The highest BCUT2D eigenvalue weighted by atomic mass is 31.1. The summed E-state index contributed by atoms with van der Waals surface area (Å²) in [6.45, 7) is 8.08. The Labute approximate surface area is 202 Å². The third kappa shape index (κ3) is 4.25. The van der Waals surface area contributed by atoms with Gasteiger partial charge >= 0.3 is 0 Å². The summed E-state index contributed by atoms with van der Waals surface area (Å²) in [5.41, 5.74) is 7.44. The van der Waals surface area contributed by atoms with Gasteiger partial charge < -0.3 is 19.8 Å². The van der Waals surface area contributed by atoms with E-state index in [1.54, 1.807) is 0 Å². The van der Waals surface area contributed by atoms with Gasteiger partial charge in [-0.3, -0.25) is 0 Å². The zero-order chi connectivity index (χ0) is 24.0. The van der Waals surface area contributed by atoms with Crippen molar-refractivity contribution in [1.82, 2.24) is 0 Å². The zero-order valence-electron chi connectivity index (χ0n) is 19.7. The maximum Gasteiger partial charge on any atom is 0.135 e. The number of fused-ring (bicyclic) bond motifs is 4. The van der Waals surface area contributed by atoms with Gasteiger partial charge in [-0.05, 0) is 98.5 Å². The molecular formula is C28H28N2O2P2. The summed E-state index contributed by atoms with van der Waals surface area (Å²) in [7, 11) is -4.69. The van der Waals surface area contributed by atoms with Crippen molar-refractivity contribution < 1.29 is 9.13 Å². The fourth-order valence-electron chi connectivity index (χ4n) is 4.42. The molecule has 0 aliphatic carbocycles. The number of hydrogen-bond donors (Lipinski definition) is 2. The topological polar surface area (TPSA) is 58.2 Å². The number of rotatable bonds is 0. The number of nitrogens with one attached hydrogen (secondary N) is 2. The van der Waals surface area contributed by atoms with E-state index in [-0.39, 0.29) is 0 Å². The van der Waals surface area contributed by atoms with E-state index in [9.17, 15) is 9.13 Å². The lowest BCUT2D eigenvalue weighted by Crippen LogP contribution is -2.20. The van der Waals surface area contributed by atoms with E-state index in [2.05, 4.69) is 10.6 Å². The molecule has 2 N–H and O–H groups in total. The molecule has 0 amide bonds. The van der Waals surface area contributed by atoms with Crippen LogP contribution in [0.25, 0.3) is 0 Å². The fraction of sp³-hybridized carbons (Fsp3) is 0.143. The summed E-state index contributed by atoms with van der Waals surface area (Å²) in [6.07, 6.45) is 0. The Morgan fingerprint density at radius 2 is 0.676 bits per heavy atom. The fourth-order valence-corrected chi connectivity index (χ4v) is 7.45. The average Bonchev–Trinajstić information content (AvgIpc) is 2.78. The number of anilines is 4. The van der Waals surface area contributed by atoms with Crippen LogP contribution in [0.4, 0.5) is 22.7 Å². The van der Waals surface area contributed by atoms with Gasteiger partial charge in [-0.1, -0.05) is 24.3 Å². The maximum atomic E-state index is 14.0. The number of aryl methyl sites for hydroxylation is 4. The van der Waals surface area contributed by atoms with Gasteiger partial charge in [0.15, 0.2) is 0 Å². The van der Waals surface area contributed by atoms with Crippen molar-refractivity contribution in [3.8, 4) is 0 Å². The van der Waals surface area contributed by atoms with Crippen molar-refractivity contribution in [3.63, 3.8) is 0 Å². The van der Waals surface area contributed by atoms with Crippen LogP contribution >= 0.6 is 15.6 Å². The molecule has 1 heterocycles. The SMILES string of the molecule is Cc1ccc2c(c1)Nc1cc(C)ccc1[PH](=O)c1ccc(C)cc1Nc1cc(C)ccc1[PH]2=O. The molecule has 0 fully saturated rings. The summed E-state index contributed by atoms with van der Waals surface area (Å²) in [5, 5.41) is 10.1. The van der Waals surface area contributed by atoms with Crippen molar-refractivity contribution >= 4 is 59.6 Å². The van der Waals surface area contributed by atoms with Gasteiger partial charge in [-0.25, -0.2) is 0 Å². The van der Waals surface area contributed by atoms with Crippen LogP contribution in [0.2, 0.25) is 0 Å². The van der Waals surface area contributed by atoms with E-state index in [1.807, 2.05) is 100 Å². The van der Waals surface area contributed by atoms with Gasteiger partial charge in [0.2, 0.25) is 0 Å².